The van der Waals surface area contributed by atoms with Gasteiger partial charge in [-0.3, -0.25) is 4.79 Å². The average Bonchev–Trinajstić information content (AvgIpc) is 3.65. The van der Waals surface area contributed by atoms with Gasteiger partial charge < -0.3 is 15.2 Å². The molecule has 1 aliphatic rings. The second-order valence-electron chi connectivity index (χ2n) is 12.4. The lowest BCUT2D eigenvalue weighted by Crippen LogP contribution is -2.42. The minimum atomic E-state index is -1.07. The van der Waals surface area contributed by atoms with Gasteiger partial charge in [0.2, 0.25) is 0 Å². The maximum atomic E-state index is 13.4. The van der Waals surface area contributed by atoms with Crippen molar-refractivity contribution in [2.75, 3.05) is 0 Å². The molecule has 1 aliphatic carbocycles. The van der Waals surface area contributed by atoms with Crippen molar-refractivity contribution in [2.45, 2.75) is 77.7 Å². The van der Waals surface area contributed by atoms with Crippen molar-refractivity contribution in [3.05, 3.63) is 93.4 Å². The summed E-state index contributed by atoms with van der Waals surface area (Å²) >= 11 is 1.52. The molecule has 2 aromatic heterocycles. The Morgan fingerprint density at radius 1 is 1.05 bits per heavy atom. The van der Waals surface area contributed by atoms with Gasteiger partial charge in [-0.1, -0.05) is 70.7 Å². The van der Waals surface area contributed by atoms with Gasteiger partial charge in [0.1, 0.15) is 23.2 Å². The number of hydrogen-bond donors (Lipinski definition) is 2. The molecule has 0 spiro atoms. The molecule has 4 aromatic rings. The molecule has 6 nitrogen and oxygen atoms in total. The number of rotatable bonds is 10. The van der Waals surface area contributed by atoms with E-state index in [0.29, 0.717) is 11.7 Å². The molecule has 0 radical (unpaired) electrons. The summed E-state index contributed by atoms with van der Waals surface area (Å²) in [5.74, 6) is 0.435. The third-order valence-corrected chi connectivity index (χ3v) is 9.12. The van der Waals surface area contributed by atoms with E-state index in [1.54, 1.807) is 6.07 Å². The minimum absolute atomic E-state index is 0.0660. The van der Waals surface area contributed by atoms with Crippen molar-refractivity contribution < 1.29 is 19.4 Å². The van der Waals surface area contributed by atoms with Crippen LogP contribution in [-0.2, 0) is 23.1 Å². The molecule has 7 heteroatoms. The van der Waals surface area contributed by atoms with Gasteiger partial charge in [-0.25, -0.2) is 9.78 Å². The van der Waals surface area contributed by atoms with Crippen LogP contribution in [0.2, 0.25) is 0 Å². The molecule has 2 heterocycles. The van der Waals surface area contributed by atoms with Crippen molar-refractivity contribution in [2.24, 2.45) is 5.92 Å². The van der Waals surface area contributed by atoms with Crippen molar-refractivity contribution in [1.29, 1.82) is 0 Å². The van der Waals surface area contributed by atoms with E-state index < -0.39 is 17.9 Å². The standard InChI is InChI=1S/C36H40N2O4S/c1-5-8-28-17-18-29(43-28)22-33(35(40)41)38-34(39)32-20-24-11-14-27(42-26-15-12-25(13-16-26)36(2,3)4)21-30(24)31(37-32)19-23-9-6-7-10-23/h5,8,11-18,20-21,23,33H,6-7,9-10,19,22H2,1-4H3,(H,38,39)(H,40,41). The molecular formula is C36H40N2O4S. The van der Waals surface area contributed by atoms with E-state index in [1.165, 1.54) is 29.7 Å². The van der Waals surface area contributed by atoms with Crippen LogP contribution in [0.3, 0.4) is 0 Å². The normalized spacial score (nSPS) is 14.8. The summed E-state index contributed by atoms with van der Waals surface area (Å²) in [6.07, 6.45) is 9.61. The molecule has 43 heavy (non-hydrogen) atoms. The first-order valence-corrected chi connectivity index (χ1v) is 15.9. The van der Waals surface area contributed by atoms with Crippen LogP contribution in [0.15, 0.2) is 66.7 Å². The third-order valence-electron chi connectivity index (χ3n) is 8.05. The summed E-state index contributed by atoms with van der Waals surface area (Å²) in [5, 5.41) is 14.5. The molecule has 2 N–H and O–H groups in total. The lowest BCUT2D eigenvalue weighted by molar-refractivity contribution is -0.139. The van der Waals surface area contributed by atoms with Crippen LogP contribution in [0.4, 0.5) is 0 Å². The van der Waals surface area contributed by atoms with E-state index in [9.17, 15) is 14.7 Å². The number of benzene rings is 2. The summed E-state index contributed by atoms with van der Waals surface area (Å²) in [7, 11) is 0. The molecule has 0 aliphatic heterocycles. The summed E-state index contributed by atoms with van der Waals surface area (Å²) in [6, 6.07) is 18.6. The molecule has 5 rings (SSSR count). The Hall–Kier alpha value is -3.97. The van der Waals surface area contributed by atoms with E-state index >= 15 is 0 Å². The Balaban J connectivity index is 1.41. The van der Waals surface area contributed by atoms with Crippen molar-refractivity contribution >= 4 is 40.1 Å². The fourth-order valence-electron chi connectivity index (χ4n) is 5.67. The Morgan fingerprint density at radius 3 is 2.44 bits per heavy atom. The Labute approximate surface area is 257 Å². The lowest BCUT2D eigenvalue weighted by atomic mass is 9.87. The number of ether oxygens (including phenoxy) is 1. The number of aliphatic carboxylic acids is 1. The maximum Gasteiger partial charge on any atom is 0.326 e. The number of amides is 1. The van der Waals surface area contributed by atoms with Crippen LogP contribution in [-0.4, -0.2) is 28.0 Å². The molecule has 224 valence electrons. The van der Waals surface area contributed by atoms with Gasteiger partial charge in [-0.05, 0) is 84.2 Å². The van der Waals surface area contributed by atoms with Gasteiger partial charge in [0.25, 0.3) is 5.91 Å². The fourth-order valence-corrected chi connectivity index (χ4v) is 6.70. The molecule has 0 bridgehead atoms. The van der Waals surface area contributed by atoms with Crippen LogP contribution in [0.1, 0.15) is 84.9 Å². The highest BCUT2D eigenvalue weighted by molar-refractivity contribution is 7.12. The number of carbonyl (C=O) groups is 2. The van der Waals surface area contributed by atoms with Gasteiger partial charge in [0.05, 0.1) is 0 Å². The predicted octanol–water partition coefficient (Wildman–Crippen LogP) is 8.58. The number of aromatic nitrogens is 1. The first kappa shape index (κ1) is 30.5. The first-order valence-electron chi connectivity index (χ1n) is 15.1. The second kappa shape index (κ2) is 13.1. The van der Waals surface area contributed by atoms with Gasteiger partial charge in [0, 0.05) is 27.3 Å². The predicted molar refractivity (Wildman–Crippen MR) is 174 cm³/mol. The molecule has 1 saturated carbocycles. The number of thiophene rings is 1. The topological polar surface area (TPSA) is 88.5 Å². The summed E-state index contributed by atoms with van der Waals surface area (Å²) < 4.78 is 6.23. The quantitative estimate of drug-likeness (QED) is 0.191. The minimum Gasteiger partial charge on any atom is -0.480 e. The fraction of sp³-hybridized carbons (Fsp3) is 0.361. The molecule has 0 saturated heterocycles. The highest BCUT2D eigenvalue weighted by Crippen LogP contribution is 2.33. The summed E-state index contributed by atoms with van der Waals surface area (Å²) in [4.78, 5) is 32.3. The Kier molecular flexibility index (Phi) is 9.31. The maximum absolute atomic E-state index is 13.4. The number of carboxylic acid groups (broad SMARTS) is 1. The van der Waals surface area contributed by atoms with E-state index in [-0.39, 0.29) is 17.5 Å². The number of carboxylic acids is 1. The zero-order valence-corrected chi connectivity index (χ0v) is 26.2. The zero-order valence-electron chi connectivity index (χ0n) is 25.4. The van der Waals surface area contributed by atoms with Crippen molar-refractivity contribution in [3.63, 3.8) is 0 Å². The van der Waals surface area contributed by atoms with E-state index in [2.05, 4.69) is 38.2 Å². The van der Waals surface area contributed by atoms with Crippen molar-refractivity contribution in [1.82, 2.24) is 10.3 Å². The largest absolute Gasteiger partial charge is 0.480 e. The summed E-state index contributed by atoms with van der Waals surface area (Å²) in [5.41, 5.74) is 2.39. The Morgan fingerprint density at radius 2 is 1.77 bits per heavy atom. The van der Waals surface area contributed by atoms with Crippen LogP contribution in [0.5, 0.6) is 11.5 Å². The zero-order chi connectivity index (χ0) is 30.6. The van der Waals surface area contributed by atoms with Gasteiger partial charge in [0.15, 0.2) is 0 Å². The van der Waals surface area contributed by atoms with E-state index in [1.807, 2.05) is 61.5 Å². The van der Waals surface area contributed by atoms with Crippen LogP contribution < -0.4 is 10.1 Å². The average molecular weight is 597 g/mol. The Bertz CT molecular complexity index is 1630. The van der Waals surface area contributed by atoms with Gasteiger partial charge in [-0.2, -0.15) is 0 Å². The SMILES string of the molecule is CC=Cc1ccc(CC(NC(=O)c2cc3ccc(Oc4ccc(C(C)(C)C)cc4)cc3c(CC3CCCC3)n2)C(=O)O)s1. The molecule has 2 aromatic carbocycles. The first-order chi connectivity index (χ1) is 20.6. The van der Waals surface area contributed by atoms with Crippen LogP contribution in [0.25, 0.3) is 16.8 Å². The highest BCUT2D eigenvalue weighted by atomic mass is 32.1. The van der Waals surface area contributed by atoms with Crippen LogP contribution >= 0.6 is 11.3 Å². The number of nitrogens with zero attached hydrogens (tertiary/aromatic N) is 1. The number of pyridine rings is 1. The van der Waals surface area contributed by atoms with E-state index in [4.69, 9.17) is 9.72 Å². The molecule has 1 unspecified atom stereocenters. The van der Waals surface area contributed by atoms with Gasteiger partial charge >= 0.3 is 5.97 Å². The lowest BCUT2D eigenvalue weighted by Gasteiger charge is -2.19. The van der Waals surface area contributed by atoms with E-state index in [0.717, 1.165) is 51.2 Å². The molecule has 1 atom stereocenters. The molecule has 1 amide bonds. The molecular weight excluding hydrogens is 556 g/mol. The second-order valence-corrected chi connectivity index (χ2v) is 13.6. The smallest absolute Gasteiger partial charge is 0.326 e. The summed E-state index contributed by atoms with van der Waals surface area (Å²) in [6.45, 7) is 8.50. The monoisotopic (exact) mass is 596 g/mol. The number of carbonyl (C=O) groups excluding carboxylic acids is 1. The number of nitrogens with one attached hydrogen (secondary N) is 1. The number of fused-ring (bicyclic) bond motifs is 1. The number of hydrogen-bond acceptors (Lipinski definition) is 5. The van der Waals surface area contributed by atoms with Crippen LogP contribution in [0, 0.1) is 5.92 Å². The number of allylic oxidation sites excluding steroid dienone is 1. The van der Waals surface area contributed by atoms with Gasteiger partial charge in [-0.15, -0.1) is 11.3 Å². The molecule has 1 fully saturated rings. The highest BCUT2D eigenvalue weighted by Gasteiger charge is 2.25. The van der Waals surface area contributed by atoms with Crippen molar-refractivity contribution in [3.8, 4) is 11.5 Å². The third kappa shape index (κ3) is 7.71.